The predicted octanol–water partition coefficient (Wildman–Crippen LogP) is 3.26. The number of hydrogen-bond donors (Lipinski definition) is 1. The van der Waals surface area contributed by atoms with E-state index in [0.29, 0.717) is 23.3 Å². The van der Waals surface area contributed by atoms with E-state index in [4.69, 9.17) is 4.74 Å². The van der Waals surface area contributed by atoms with Gasteiger partial charge in [-0.15, -0.1) is 0 Å². The number of aromatic amines is 1. The Hall–Kier alpha value is -3.41. The molecule has 0 aliphatic carbocycles. The number of hydrogen-bond acceptors (Lipinski definition) is 4. The van der Waals surface area contributed by atoms with Gasteiger partial charge in [0, 0.05) is 24.5 Å². The van der Waals surface area contributed by atoms with Crippen molar-refractivity contribution < 1.29 is 4.74 Å². The number of aromatic nitrogens is 4. The first-order valence-electron chi connectivity index (χ1n) is 8.48. The first kappa shape index (κ1) is 16.1. The Bertz CT molecular complexity index is 1070. The molecule has 2 heterocycles. The maximum absolute atomic E-state index is 12.2. The molecule has 0 fully saturated rings. The number of aryl methyl sites for hydroxylation is 1. The van der Waals surface area contributed by atoms with Gasteiger partial charge in [-0.05, 0) is 30.7 Å². The average Bonchev–Trinajstić information content (AvgIpc) is 3.19. The summed E-state index contributed by atoms with van der Waals surface area (Å²) in [6.45, 7) is 1.46. The molecule has 1 N–H and O–H groups in total. The summed E-state index contributed by atoms with van der Waals surface area (Å²) in [5.41, 5.74) is 1.36. The minimum Gasteiger partial charge on any atom is -0.494 e. The second-order valence-electron chi connectivity index (χ2n) is 5.96. The number of para-hydroxylation sites is 1. The molecule has 0 radical (unpaired) electrons. The second kappa shape index (κ2) is 7.23. The minimum atomic E-state index is -0.141. The normalized spacial score (nSPS) is 10.9. The first-order valence-corrected chi connectivity index (χ1v) is 8.48. The van der Waals surface area contributed by atoms with Gasteiger partial charge < -0.3 is 14.3 Å². The van der Waals surface area contributed by atoms with Gasteiger partial charge in [0.15, 0.2) is 0 Å². The highest BCUT2D eigenvalue weighted by atomic mass is 16.5. The zero-order chi connectivity index (χ0) is 17.8. The molecule has 26 heavy (non-hydrogen) atoms. The van der Waals surface area contributed by atoms with Crippen LogP contribution in [0, 0.1) is 0 Å². The smallest absolute Gasteiger partial charge is 0.259 e. The molecule has 0 bridgehead atoms. The second-order valence-corrected chi connectivity index (χ2v) is 5.96. The fourth-order valence-electron chi connectivity index (χ4n) is 2.81. The van der Waals surface area contributed by atoms with Gasteiger partial charge in [-0.3, -0.25) is 4.79 Å². The molecule has 0 spiro atoms. The van der Waals surface area contributed by atoms with E-state index in [1.165, 1.54) is 0 Å². The van der Waals surface area contributed by atoms with E-state index < -0.39 is 0 Å². The van der Waals surface area contributed by atoms with Crippen LogP contribution in [0.25, 0.3) is 22.3 Å². The SMILES string of the molecule is O=c1[nH]c(-c2cccc(OCCCn3ccnc3)c2)nc2ccccc12. The maximum atomic E-state index is 12.2. The fraction of sp³-hybridized carbons (Fsp3) is 0.150. The lowest BCUT2D eigenvalue weighted by Gasteiger charge is -2.09. The number of nitrogens with zero attached hydrogens (tertiary/aromatic N) is 3. The molecular weight excluding hydrogens is 328 g/mol. The van der Waals surface area contributed by atoms with E-state index in [-0.39, 0.29) is 5.56 Å². The van der Waals surface area contributed by atoms with Crippen molar-refractivity contribution in [1.29, 1.82) is 0 Å². The monoisotopic (exact) mass is 346 g/mol. The van der Waals surface area contributed by atoms with Crippen molar-refractivity contribution >= 4 is 10.9 Å². The molecule has 0 atom stereocenters. The molecule has 4 aromatic rings. The lowest BCUT2D eigenvalue weighted by atomic mass is 10.2. The van der Waals surface area contributed by atoms with Crippen LogP contribution in [0.1, 0.15) is 6.42 Å². The third-order valence-corrected chi connectivity index (χ3v) is 4.11. The van der Waals surface area contributed by atoms with E-state index in [0.717, 1.165) is 24.3 Å². The Morgan fingerprint density at radius 1 is 1.12 bits per heavy atom. The van der Waals surface area contributed by atoms with Gasteiger partial charge in [0.05, 0.1) is 23.8 Å². The number of imidazole rings is 1. The van der Waals surface area contributed by atoms with E-state index >= 15 is 0 Å². The summed E-state index contributed by atoms with van der Waals surface area (Å²) < 4.78 is 7.85. The van der Waals surface area contributed by atoms with Crippen molar-refractivity contribution in [3.63, 3.8) is 0 Å². The molecule has 0 saturated heterocycles. The zero-order valence-electron chi connectivity index (χ0n) is 14.1. The summed E-state index contributed by atoms with van der Waals surface area (Å²) in [7, 11) is 0. The summed E-state index contributed by atoms with van der Waals surface area (Å²) >= 11 is 0. The fourth-order valence-corrected chi connectivity index (χ4v) is 2.81. The Kier molecular flexibility index (Phi) is 4.47. The molecule has 0 aliphatic rings. The van der Waals surface area contributed by atoms with Gasteiger partial charge in [-0.2, -0.15) is 0 Å². The molecule has 0 aliphatic heterocycles. The number of ether oxygens (including phenoxy) is 1. The molecule has 6 nitrogen and oxygen atoms in total. The number of H-pyrrole nitrogens is 1. The molecule has 6 heteroatoms. The summed E-state index contributed by atoms with van der Waals surface area (Å²) in [6.07, 6.45) is 6.37. The van der Waals surface area contributed by atoms with Gasteiger partial charge >= 0.3 is 0 Å². The molecule has 130 valence electrons. The lowest BCUT2D eigenvalue weighted by Crippen LogP contribution is -2.09. The summed E-state index contributed by atoms with van der Waals surface area (Å²) in [4.78, 5) is 23.7. The molecular formula is C20H18N4O2. The van der Waals surface area contributed by atoms with E-state index in [1.807, 2.05) is 53.2 Å². The Morgan fingerprint density at radius 3 is 2.92 bits per heavy atom. The van der Waals surface area contributed by atoms with Crippen molar-refractivity contribution in [2.75, 3.05) is 6.61 Å². The molecule has 0 amide bonds. The molecule has 0 unspecified atom stereocenters. The number of nitrogens with one attached hydrogen (secondary N) is 1. The van der Waals surface area contributed by atoms with E-state index in [1.54, 1.807) is 18.6 Å². The topological polar surface area (TPSA) is 72.8 Å². The van der Waals surface area contributed by atoms with E-state index in [9.17, 15) is 4.79 Å². The molecule has 0 saturated carbocycles. The third kappa shape index (κ3) is 3.49. The third-order valence-electron chi connectivity index (χ3n) is 4.11. The molecule has 2 aromatic heterocycles. The van der Waals surface area contributed by atoms with E-state index in [2.05, 4.69) is 15.0 Å². The molecule has 2 aromatic carbocycles. The van der Waals surface area contributed by atoms with Crippen LogP contribution in [0.3, 0.4) is 0 Å². The van der Waals surface area contributed by atoms with Crippen LogP contribution in [-0.4, -0.2) is 26.1 Å². The largest absolute Gasteiger partial charge is 0.494 e. The van der Waals surface area contributed by atoms with Crippen molar-refractivity contribution in [3.05, 3.63) is 77.6 Å². The van der Waals surface area contributed by atoms with Crippen LogP contribution < -0.4 is 10.3 Å². The van der Waals surface area contributed by atoms with Gasteiger partial charge in [0.1, 0.15) is 11.6 Å². The van der Waals surface area contributed by atoms with Crippen molar-refractivity contribution in [3.8, 4) is 17.1 Å². The summed E-state index contributed by atoms with van der Waals surface area (Å²) in [5.74, 6) is 1.29. The minimum absolute atomic E-state index is 0.141. The Labute approximate surface area is 150 Å². The summed E-state index contributed by atoms with van der Waals surface area (Å²) in [6, 6.07) is 14.9. The highest BCUT2D eigenvalue weighted by Crippen LogP contribution is 2.21. The molecule has 4 rings (SSSR count). The van der Waals surface area contributed by atoms with Gasteiger partial charge in [-0.25, -0.2) is 9.97 Å². The lowest BCUT2D eigenvalue weighted by molar-refractivity contribution is 0.302. The first-order chi connectivity index (χ1) is 12.8. The summed E-state index contributed by atoms with van der Waals surface area (Å²) in [5, 5.41) is 0.586. The van der Waals surface area contributed by atoms with Gasteiger partial charge in [0.2, 0.25) is 0 Å². The standard InChI is InChI=1S/C20H18N4O2/c25-20-17-7-1-2-8-18(17)22-19(23-20)15-5-3-6-16(13-15)26-12-4-10-24-11-9-21-14-24/h1-3,5-9,11,13-14H,4,10,12H2,(H,22,23,25). The Balaban J connectivity index is 1.49. The van der Waals surface area contributed by atoms with Crippen LogP contribution in [0.2, 0.25) is 0 Å². The van der Waals surface area contributed by atoms with Gasteiger partial charge in [0.25, 0.3) is 5.56 Å². The average molecular weight is 346 g/mol. The highest BCUT2D eigenvalue weighted by molar-refractivity contribution is 5.79. The predicted molar refractivity (Wildman–Crippen MR) is 100 cm³/mol. The van der Waals surface area contributed by atoms with Crippen LogP contribution in [0.5, 0.6) is 5.75 Å². The quantitative estimate of drug-likeness (QED) is 0.544. The Morgan fingerprint density at radius 2 is 2.04 bits per heavy atom. The maximum Gasteiger partial charge on any atom is 0.259 e. The highest BCUT2D eigenvalue weighted by Gasteiger charge is 2.06. The van der Waals surface area contributed by atoms with Crippen molar-refractivity contribution in [1.82, 2.24) is 19.5 Å². The van der Waals surface area contributed by atoms with Crippen LogP contribution in [-0.2, 0) is 6.54 Å². The van der Waals surface area contributed by atoms with Crippen LogP contribution in [0.4, 0.5) is 0 Å². The van der Waals surface area contributed by atoms with Crippen LogP contribution >= 0.6 is 0 Å². The number of fused-ring (bicyclic) bond motifs is 1. The van der Waals surface area contributed by atoms with Crippen molar-refractivity contribution in [2.45, 2.75) is 13.0 Å². The zero-order valence-corrected chi connectivity index (χ0v) is 14.1. The van der Waals surface area contributed by atoms with Crippen LogP contribution in [0.15, 0.2) is 72.0 Å². The number of benzene rings is 2. The van der Waals surface area contributed by atoms with Crippen molar-refractivity contribution in [2.24, 2.45) is 0 Å². The number of rotatable bonds is 6. The van der Waals surface area contributed by atoms with Gasteiger partial charge in [-0.1, -0.05) is 24.3 Å².